The number of carbonyl (C=O) groups excluding carboxylic acids is 3. The average Bonchev–Trinajstić information content (AvgIpc) is 2.51. The summed E-state index contributed by atoms with van der Waals surface area (Å²) in [5.41, 5.74) is 0. The van der Waals surface area contributed by atoms with Gasteiger partial charge >= 0.3 is 18.0 Å². The zero-order valence-electron chi connectivity index (χ0n) is 13.6. The van der Waals surface area contributed by atoms with E-state index >= 15 is 0 Å². The average molecular weight is 353 g/mol. The molecule has 2 N–H and O–H groups in total. The summed E-state index contributed by atoms with van der Waals surface area (Å²) in [6.45, 7) is 4.97. The van der Waals surface area contributed by atoms with Gasteiger partial charge in [-0.3, -0.25) is 4.79 Å². The highest BCUT2D eigenvalue weighted by Gasteiger charge is 2.23. The van der Waals surface area contributed by atoms with Crippen LogP contribution in [0, 0.1) is 0 Å². The summed E-state index contributed by atoms with van der Waals surface area (Å²) in [4.78, 5) is 34.8. The summed E-state index contributed by atoms with van der Waals surface area (Å²) >= 11 is 5.49. The number of hydrogen-bond acceptors (Lipinski definition) is 7. The summed E-state index contributed by atoms with van der Waals surface area (Å²) in [6, 6.07) is -0.956. The van der Waals surface area contributed by atoms with Gasteiger partial charge in [0.2, 0.25) is 0 Å². The summed E-state index contributed by atoms with van der Waals surface area (Å²) in [7, 11) is 0. The fourth-order valence-corrected chi connectivity index (χ4v) is 1.71. The molecule has 9 heteroatoms. The predicted octanol–water partition coefficient (Wildman–Crippen LogP) is 0.816. The van der Waals surface area contributed by atoms with Gasteiger partial charge in [0.05, 0.1) is 13.2 Å². The summed E-state index contributed by atoms with van der Waals surface area (Å²) in [5, 5.41) is 5.34. The molecule has 0 rings (SSSR count). The monoisotopic (exact) mass is 352 g/mol. The lowest BCUT2D eigenvalue weighted by atomic mass is 10.1. The van der Waals surface area contributed by atoms with Crippen LogP contribution in [0.25, 0.3) is 0 Å². The van der Waals surface area contributed by atoms with E-state index in [-0.39, 0.29) is 32.7 Å². The first kappa shape index (κ1) is 21.5. The van der Waals surface area contributed by atoms with Crippen LogP contribution in [0.5, 0.6) is 0 Å². The van der Waals surface area contributed by atoms with E-state index in [4.69, 9.17) is 25.8 Å². The molecule has 0 spiro atoms. The van der Waals surface area contributed by atoms with Crippen molar-refractivity contribution >= 4 is 29.6 Å². The lowest BCUT2D eigenvalue weighted by molar-refractivity contribution is -0.147. The summed E-state index contributed by atoms with van der Waals surface area (Å²) in [5.74, 6) is -0.596. The van der Waals surface area contributed by atoms with Crippen molar-refractivity contribution in [3.63, 3.8) is 0 Å². The minimum atomic E-state index is -0.956. The highest BCUT2D eigenvalue weighted by Crippen LogP contribution is 2.03. The van der Waals surface area contributed by atoms with Gasteiger partial charge in [-0.2, -0.15) is 0 Å². The number of esters is 2. The molecule has 0 saturated heterocycles. The van der Waals surface area contributed by atoms with E-state index in [1.54, 1.807) is 13.8 Å². The fraction of sp³-hybridized carbons (Fsp3) is 0.786. The quantitative estimate of drug-likeness (QED) is 0.232. The molecule has 0 aliphatic rings. The number of amides is 1. The highest BCUT2D eigenvalue weighted by atomic mass is 35.5. The van der Waals surface area contributed by atoms with E-state index in [9.17, 15) is 14.4 Å². The Labute approximate surface area is 141 Å². The van der Waals surface area contributed by atoms with Gasteiger partial charge in [-0.05, 0) is 20.3 Å². The molecule has 0 unspecified atom stereocenters. The minimum Gasteiger partial charge on any atom is -0.466 e. The van der Waals surface area contributed by atoms with Gasteiger partial charge in [0.15, 0.2) is 0 Å². The lowest BCUT2D eigenvalue weighted by Gasteiger charge is -2.17. The van der Waals surface area contributed by atoms with E-state index < -0.39 is 24.1 Å². The van der Waals surface area contributed by atoms with Crippen molar-refractivity contribution in [2.24, 2.45) is 0 Å². The van der Waals surface area contributed by atoms with Gasteiger partial charge in [-0.15, -0.1) is 11.6 Å². The van der Waals surface area contributed by atoms with E-state index in [1.165, 1.54) is 0 Å². The van der Waals surface area contributed by atoms with Gasteiger partial charge in [0.25, 0.3) is 0 Å². The molecule has 1 atom stereocenters. The summed E-state index contributed by atoms with van der Waals surface area (Å²) in [6.07, 6.45) is -0.675. The third-order valence-corrected chi connectivity index (χ3v) is 2.78. The van der Waals surface area contributed by atoms with Crippen LogP contribution >= 0.6 is 11.6 Å². The number of alkyl carbamates (subject to hydrolysis) is 1. The van der Waals surface area contributed by atoms with Crippen LogP contribution in [-0.4, -0.2) is 62.9 Å². The number of nitrogens with one attached hydrogen (secondary N) is 2. The third-order valence-electron chi connectivity index (χ3n) is 2.59. The zero-order chi connectivity index (χ0) is 17.5. The van der Waals surface area contributed by atoms with Crippen molar-refractivity contribution in [1.29, 1.82) is 0 Å². The lowest BCUT2D eigenvalue weighted by Crippen LogP contribution is -2.43. The first-order valence-electron chi connectivity index (χ1n) is 7.57. The molecule has 23 heavy (non-hydrogen) atoms. The molecule has 0 bridgehead atoms. The Balaban J connectivity index is 4.25. The van der Waals surface area contributed by atoms with E-state index in [0.717, 1.165) is 0 Å². The Hall–Kier alpha value is -1.54. The molecule has 0 aromatic heterocycles. The van der Waals surface area contributed by atoms with Crippen LogP contribution in [0.1, 0.15) is 26.7 Å². The smallest absolute Gasteiger partial charge is 0.407 e. The number of alkyl halides is 1. The molecule has 8 nitrogen and oxygen atoms in total. The van der Waals surface area contributed by atoms with Crippen LogP contribution in [0.15, 0.2) is 0 Å². The zero-order valence-corrected chi connectivity index (χ0v) is 14.3. The molecule has 0 saturated carbocycles. The second kappa shape index (κ2) is 14.1. The Morgan fingerprint density at radius 3 is 2.35 bits per heavy atom. The van der Waals surface area contributed by atoms with Crippen LogP contribution in [0.4, 0.5) is 4.79 Å². The molecule has 0 fully saturated rings. The topological polar surface area (TPSA) is 103 Å². The van der Waals surface area contributed by atoms with E-state index in [1.807, 2.05) is 0 Å². The number of ether oxygens (including phenoxy) is 3. The molecular formula is C14H25ClN2O6. The molecule has 0 aliphatic heterocycles. The number of halogens is 1. The van der Waals surface area contributed by atoms with E-state index in [0.29, 0.717) is 19.0 Å². The Bertz CT molecular complexity index is 367. The molecular weight excluding hydrogens is 328 g/mol. The molecule has 0 radical (unpaired) electrons. The van der Waals surface area contributed by atoms with Crippen molar-refractivity contribution in [3.8, 4) is 0 Å². The standard InChI is InChI=1S/C14H25ClN2O6/c1-3-21-12(18)6-5-11(13(19)22-4-2)17-14(20)23-10-9-16-8-7-15/h11,16H,3-10H2,1-2H3,(H,17,20)/t11-/m0/s1. The SMILES string of the molecule is CCOC(=O)CC[C@H](NC(=O)OCCNCCCl)C(=O)OCC. The maximum Gasteiger partial charge on any atom is 0.407 e. The van der Waals surface area contributed by atoms with Crippen molar-refractivity contribution in [3.05, 3.63) is 0 Å². The third kappa shape index (κ3) is 11.7. The normalized spacial score (nSPS) is 11.4. The molecule has 0 heterocycles. The van der Waals surface area contributed by atoms with E-state index in [2.05, 4.69) is 10.6 Å². The van der Waals surface area contributed by atoms with Crippen molar-refractivity contribution in [1.82, 2.24) is 10.6 Å². The van der Waals surface area contributed by atoms with Crippen molar-refractivity contribution in [2.45, 2.75) is 32.7 Å². The molecule has 1 amide bonds. The van der Waals surface area contributed by atoms with Crippen LogP contribution < -0.4 is 10.6 Å². The number of carbonyl (C=O) groups is 3. The maximum atomic E-state index is 11.8. The Morgan fingerprint density at radius 2 is 1.74 bits per heavy atom. The van der Waals surface area contributed by atoms with Crippen LogP contribution in [-0.2, 0) is 23.8 Å². The molecule has 134 valence electrons. The number of rotatable bonds is 12. The van der Waals surface area contributed by atoms with Gasteiger partial charge < -0.3 is 24.8 Å². The number of hydrogen-bond donors (Lipinski definition) is 2. The molecule has 0 aliphatic carbocycles. The van der Waals surface area contributed by atoms with Gasteiger partial charge in [0, 0.05) is 25.4 Å². The van der Waals surface area contributed by atoms with Gasteiger partial charge in [0.1, 0.15) is 12.6 Å². The van der Waals surface area contributed by atoms with Gasteiger partial charge in [-0.1, -0.05) is 0 Å². The maximum absolute atomic E-state index is 11.8. The highest BCUT2D eigenvalue weighted by molar-refractivity contribution is 6.18. The molecule has 0 aromatic carbocycles. The van der Waals surface area contributed by atoms with Gasteiger partial charge in [-0.25, -0.2) is 9.59 Å². The van der Waals surface area contributed by atoms with Crippen molar-refractivity contribution < 1.29 is 28.6 Å². The first-order valence-corrected chi connectivity index (χ1v) is 8.10. The molecule has 0 aromatic rings. The fourth-order valence-electron chi connectivity index (χ4n) is 1.58. The minimum absolute atomic E-state index is 0.00508. The Kier molecular flexibility index (Phi) is 13.1. The van der Waals surface area contributed by atoms with Crippen LogP contribution in [0.3, 0.4) is 0 Å². The second-order valence-electron chi connectivity index (χ2n) is 4.37. The second-order valence-corrected chi connectivity index (χ2v) is 4.75. The summed E-state index contributed by atoms with van der Waals surface area (Å²) < 4.78 is 14.6. The van der Waals surface area contributed by atoms with Crippen molar-refractivity contribution in [2.75, 3.05) is 38.8 Å². The van der Waals surface area contributed by atoms with Crippen LogP contribution in [0.2, 0.25) is 0 Å². The first-order chi connectivity index (χ1) is 11.0. The Morgan fingerprint density at radius 1 is 1.04 bits per heavy atom. The predicted molar refractivity (Wildman–Crippen MR) is 84.4 cm³/mol. The largest absolute Gasteiger partial charge is 0.466 e.